The number of benzene rings is 1. The minimum atomic E-state index is -3.69. The van der Waals surface area contributed by atoms with Crippen LogP contribution in [0.1, 0.15) is 5.56 Å². The molecule has 2 N–H and O–H groups in total. The standard InChI is InChI=1S/C7H8N4O2S/c8-11-10-5-6-2-1-3-7(4-6)14(9,12)13/h1-4H,5H2,(H2,9,12,13). The van der Waals surface area contributed by atoms with Gasteiger partial charge in [0.05, 0.1) is 11.4 Å². The van der Waals surface area contributed by atoms with Crippen LogP contribution in [-0.2, 0) is 16.6 Å². The second kappa shape index (κ2) is 4.10. The van der Waals surface area contributed by atoms with Crippen molar-refractivity contribution in [3.8, 4) is 0 Å². The third-order valence-electron chi connectivity index (χ3n) is 1.54. The van der Waals surface area contributed by atoms with Crippen LogP contribution < -0.4 is 5.14 Å². The van der Waals surface area contributed by atoms with Crippen LogP contribution in [0.2, 0.25) is 0 Å². The van der Waals surface area contributed by atoms with E-state index in [4.69, 9.17) is 10.7 Å². The zero-order valence-electron chi connectivity index (χ0n) is 7.16. The first-order valence-corrected chi connectivity index (χ1v) is 5.21. The van der Waals surface area contributed by atoms with Gasteiger partial charge in [-0.15, -0.1) is 0 Å². The van der Waals surface area contributed by atoms with Crippen LogP contribution in [0.3, 0.4) is 0 Å². The molecule has 0 aliphatic carbocycles. The quantitative estimate of drug-likeness (QED) is 0.460. The largest absolute Gasteiger partial charge is 0.238 e. The highest BCUT2D eigenvalue weighted by atomic mass is 32.2. The molecule has 0 aliphatic heterocycles. The molecule has 0 aromatic heterocycles. The molecule has 0 fully saturated rings. The predicted octanol–water partition coefficient (Wildman–Crippen LogP) is 1.14. The molecular formula is C7H8N4O2S. The van der Waals surface area contributed by atoms with Crippen LogP contribution in [-0.4, -0.2) is 8.42 Å². The summed E-state index contributed by atoms with van der Waals surface area (Å²) in [5.41, 5.74) is 8.68. The summed E-state index contributed by atoms with van der Waals surface area (Å²) in [5.74, 6) is 0. The number of hydrogen-bond donors (Lipinski definition) is 1. The summed E-state index contributed by atoms with van der Waals surface area (Å²) in [4.78, 5) is 2.58. The highest BCUT2D eigenvalue weighted by Crippen LogP contribution is 2.10. The Bertz CT molecular complexity index is 476. The lowest BCUT2D eigenvalue weighted by molar-refractivity contribution is 0.597. The van der Waals surface area contributed by atoms with E-state index in [0.717, 1.165) is 0 Å². The smallest absolute Gasteiger partial charge is 0.225 e. The number of rotatable bonds is 3. The third kappa shape index (κ3) is 2.74. The van der Waals surface area contributed by atoms with Gasteiger partial charge in [-0.3, -0.25) is 0 Å². The van der Waals surface area contributed by atoms with Gasteiger partial charge >= 0.3 is 0 Å². The molecule has 1 rings (SSSR count). The fourth-order valence-electron chi connectivity index (χ4n) is 0.934. The molecule has 0 radical (unpaired) electrons. The highest BCUT2D eigenvalue weighted by Gasteiger charge is 2.06. The summed E-state index contributed by atoms with van der Waals surface area (Å²) in [5, 5.41) is 8.23. The van der Waals surface area contributed by atoms with Crippen LogP contribution in [0.15, 0.2) is 34.3 Å². The molecule has 7 heteroatoms. The molecule has 0 aliphatic rings. The lowest BCUT2D eigenvalue weighted by Crippen LogP contribution is -2.12. The molecule has 74 valence electrons. The van der Waals surface area contributed by atoms with Crippen LogP contribution in [0, 0.1) is 0 Å². The second-order valence-corrected chi connectivity index (χ2v) is 4.14. The summed E-state index contributed by atoms with van der Waals surface area (Å²) in [6.45, 7) is 0.111. The van der Waals surface area contributed by atoms with Gasteiger partial charge in [-0.2, -0.15) is 0 Å². The fourth-order valence-corrected chi connectivity index (χ4v) is 1.52. The van der Waals surface area contributed by atoms with E-state index < -0.39 is 10.0 Å². The molecule has 0 heterocycles. The van der Waals surface area contributed by atoms with Gasteiger partial charge in [0, 0.05) is 4.91 Å². The van der Waals surface area contributed by atoms with Crippen molar-refractivity contribution in [1.29, 1.82) is 0 Å². The maximum absolute atomic E-state index is 10.9. The van der Waals surface area contributed by atoms with Crippen molar-refractivity contribution in [2.75, 3.05) is 0 Å². The Hall–Kier alpha value is -1.56. The molecule has 0 saturated heterocycles. The van der Waals surface area contributed by atoms with E-state index in [1.807, 2.05) is 0 Å². The van der Waals surface area contributed by atoms with E-state index in [9.17, 15) is 8.42 Å². The minimum Gasteiger partial charge on any atom is -0.225 e. The first kappa shape index (κ1) is 10.5. The number of primary sulfonamides is 1. The number of nitrogens with zero attached hydrogens (tertiary/aromatic N) is 3. The minimum absolute atomic E-state index is 0.0168. The maximum atomic E-state index is 10.9. The number of azide groups is 1. The molecule has 0 spiro atoms. The van der Waals surface area contributed by atoms with E-state index in [-0.39, 0.29) is 11.4 Å². The Morgan fingerprint density at radius 3 is 2.79 bits per heavy atom. The van der Waals surface area contributed by atoms with E-state index in [2.05, 4.69) is 10.0 Å². The van der Waals surface area contributed by atoms with Crippen molar-refractivity contribution < 1.29 is 8.42 Å². The zero-order chi connectivity index (χ0) is 10.6. The second-order valence-electron chi connectivity index (χ2n) is 2.58. The first-order chi connectivity index (χ1) is 6.54. The van der Waals surface area contributed by atoms with E-state index in [1.54, 1.807) is 12.1 Å². The van der Waals surface area contributed by atoms with Crippen molar-refractivity contribution >= 4 is 10.0 Å². The van der Waals surface area contributed by atoms with Crippen molar-refractivity contribution in [3.63, 3.8) is 0 Å². The van der Waals surface area contributed by atoms with E-state index in [1.165, 1.54) is 12.1 Å². The number of sulfonamides is 1. The van der Waals surface area contributed by atoms with Gasteiger partial charge in [-0.25, -0.2) is 13.6 Å². The van der Waals surface area contributed by atoms with Crippen LogP contribution in [0.4, 0.5) is 0 Å². The molecule has 0 atom stereocenters. The van der Waals surface area contributed by atoms with Crippen LogP contribution in [0.25, 0.3) is 10.4 Å². The molecule has 14 heavy (non-hydrogen) atoms. The summed E-state index contributed by atoms with van der Waals surface area (Å²) >= 11 is 0. The van der Waals surface area contributed by atoms with Gasteiger partial charge in [0.25, 0.3) is 0 Å². The topological polar surface area (TPSA) is 109 Å². The van der Waals surface area contributed by atoms with Crippen molar-refractivity contribution in [1.82, 2.24) is 0 Å². The lowest BCUT2D eigenvalue weighted by Gasteiger charge is -1.99. The predicted molar refractivity (Wildman–Crippen MR) is 50.7 cm³/mol. The summed E-state index contributed by atoms with van der Waals surface area (Å²) in [6, 6.07) is 5.96. The third-order valence-corrected chi connectivity index (χ3v) is 2.45. The lowest BCUT2D eigenvalue weighted by atomic mass is 10.2. The van der Waals surface area contributed by atoms with E-state index >= 15 is 0 Å². The monoisotopic (exact) mass is 212 g/mol. The molecule has 1 aromatic rings. The zero-order valence-corrected chi connectivity index (χ0v) is 7.98. The Labute approximate surface area is 81.0 Å². The Balaban J connectivity index is 3.07. The van der Waals surface area contributed by atoms with Gasteiger partial charge in [0.2, 0.25) is 10.0 Å². The Morgan fingerprint density at radius 2 is 2.21 bits per heavy atom. The summed E-state index contributed by atoms with van der Waals surface area (Å²) in [7, 11) is -3.69. The molecule has 0 bridgehead atoms. The van der Waals surface area contributed by atoms with Crippen LogP contribution >= 0.6 is 0 Å². The molecule has 1 aromatic carbocycles. The van der Waals surface area contributed by atoms with Gasteiger partial charge in [0.1, 0.15) is 0 Å². The fraction of sp³-hybridized carbons (Fsp3) is 0.143. The van der Waals surface area contributed by atoms with Crippen LogP contribution in [0.5, 0.6) is 0 Å². The SMILES string of the molecule is [N-]=[N+]=NCc1cccc(S(N)(=O)=O)c1. The van der Waals surface area contributed by atoms with Crippen molar-refractivity contribution in [3.05, 3.63) is 40.3 Å². The van der Waals surface area contributed by atoms with Gasteiger partial charge < -0.3 is 0 Å². The molecule has 0 amide bonds. The maximum Gasteiger partial charge on any atom is 0.238 e. The van der Waals surface area contributed by atoms with Crippen molar-refractivity contribution in [2.24, 2.45) is 10.3 Å². The van der Waals surface area contributed by atoms with Crippen molar-refractivity contribution in [2.45, 2.75) is 11.4 Å². The average Bonchev–Trinajstić information content (AvgIpc) is 2.14. The van der Waals surface area contributed by atoms with Gasteiger partial charge in [-0.1, -0.05) is 17.2 Å². The summed E-state index contributed by atoms with van der Waals surface area (Å²) in [6.07, 6.45) is 0. The molecule has 6 nitrogen and oxygen atoms in total. The highest BCUT2D eigenvalue weighted by molar-refractivity contribution is 7.89. The molecule has 0 unspecified atom stereocenters. The van der Waals surface area contributed by atoms with E-state index in [0.29, 0.717) is 5.56 Å². The summed E-state index contributed by atoms with van der Waals surface area (Å²) < 4.78 is 21.9. The normalized spacial score (nSPS) is 10.6. The Kier molecular flexibility index (Phi) is 3.08. The average molecular weight is 212 g/mol. The molecular weight excluding hydrogens is 204 g/mol. The first-order valence-electron chi connectivity index (χ1n) is 3.66. The molecule has 0 saturated carbocycles. The Morgan fingerprint density at radius 1 is 1.50 bits per heavy atom. The van der Waals surface area contributed by atoms with Gasteiger partial charge in [-0.05, 0) is 23.2 Å². The number of nitrogens with two attached hydrogens (primary N) is 1. The van der Waals surface area contributed by atoms with Gasteiger partial charge in [0.15, 0.2) is 0 Å². The number of hydrogen-bond acceptors (Lipinski definition) is 3.